The molecule has 2 aromatic heterocycles. The van der Waals surface area contributed by atoms with E-state index in [0.717, 1.165) is 5.56 Å². The molecule has 3 heterocycles. The Morgan fingerprint density at radius 3 is 1.73 bits per heavy atom. The molecular formula is C21H17N3O5S. The first-order chi connectivity index (χ1) is 14.4. The molecule has 0 aliphatic carbocycles. The predicted octanol–water partition coefficient (Wildman–Crippen LogP) is 2.34. The van der Waals surface area contributed by atoms with Crippen molar-refractivity contribution in [1.82, 2.24) is 15.0 Å². The zero-order chi connectivity index (χ0) is 21.3. The van der Waals surface area contributed by atoms with E-state index in [4.69, 9.17) is 4.28 Å². The number of imide groups is 1. The van der Waals surface area contributed by atoms with Crippen molar-refractivity contribution in [2.75, 3.05) is 0 Å². The Balaban J connectivity index is 1.73. The van der Waals surface area contributed by atoms with E-state index in [9.17, 15) is 18.0 Å². The number of pyridine rings is 2. The first kappa shape index (κ1) is 19.9. The lowest BCUT2D eigenvalue weighted by atomic mass is 9.88. The van der Waals surface area contributed by atoms with Crippen molar-refractivity contribution in [3.8, 4) is 0 Å². The molecule has 0 spiro atoms. The van der Waals surface area contributed by atoms with Crippen LogP contribution in [-0.2, 0) is 24.0 Å². The van der Waals surface area contributed by atoms with Crippen molar-refractivity contribution in [2.24, 2.45) is 0 Å². The number of rotatable bonds is 5. The summed E-state index contributed by atoms with van der Waals surface area (Å²) in [5.74, 6) is -3.74. The quantitative estimate of drug-likeness (QED) is 0.580. The second kappa shape index (κ2) is 7.77. The summed E-state index contributed by atoms with van der Waals surface area (Å²) in [6.07, 6.45) is 2.99. The molecule has 1 aliphatic heterocycles. The number of aromatic nitrogens is 2. The maximum absolute atomic E-state index is 13.1. The second-order valence-corrected chi connectivity index (χ2v) is 8.31. The third kappa shape index (κ3) is 3.60. The summed E-state index contributed by atoms with van der Waals surface area (Å²) >= 11 is 0. The van der Waals surface area contributed by atoms with Crippen molar-refractivity contribution >= 4 is 21.9 Å². The van der Waals surface area contributed by atoms with E-state index in [1.54, 1.807) is 55.5 Å². The molecule has 1 aliphatic rings. The van der Waals surface area contributed by atoms with Crippen molar-refractivity contribution in [2.45, 2.75) is 23.7 Å². The fourth-order valence-electron chi connectivity index (χ4n) is 3.28. The number of aryl methyl sites for hydroxylation is 1. The highest BCUT2D eigenvalue weighted by molar-refractivity contribution is 7.86. The van der Waals surface area contributed by atoms with E-state index in [1.165, 1.54) is 24.5 Å². The van der Waals surface area contributed by atoms with Crippen LogP contribution in [0.25, 0.3) is 0 Å². The molecule has 152 valence electrons. The fraction of sp³-hybridized carbons (Fsp3) is 0.143. The van der Waals surface area contributed by atoms with Crippen LogP contribution in [0.5, 0.6) is 0 Å². The van der Waals surface area contributed by atoms with Crippen LogP contribution >= 0.6 is 0 Å². The fourth-order valence-corrected chi connectivity index (χ4v) is 4.18. The topological polar surface area (TPSA) is 107 Å². The standard InChI is InChI=1S/C21H17N3O5S/c1-14-8-10-15(11-9-14)30(27,28)29-24-20(25)18(16-6-2-4-12-22-16)19(21(24)26)17-7-3-5-13-23-17/h2-13,18-19H,1H3. The average molecular weight is 423 g/mol. The minimum Gasteiger partial charge on any atom is -0.271 e. The SMILES string of the molecule is Cc1ccc(S(=O)(=O)ON2C(=O)C(c3ccccn3)C(c3ccccn3)C2=O)cc1. The number of carbonyl (C=O) groups is 2. The van der Waals surface area contributed by atoms with Crippen LogP contribution in [0.3, 0.4) is 0 Å². The van der Waals surface area contributed by atoms with E-state index in [-0.39, 0.29) is 4.90 Å². The van der Waals surface area contributed by atoms with Gasteiger partial charge in [0.05, 0.1) is 16.3 Å². The molecule has 1 saturated heterocycles. The highest BCUT2D eigenvalue weighted by Crippen LogP contribution is 2.41. The van der Waals surface area contributed by atoms with Crippen LogP contribution in [0, 0.1) is 6.92 Å². The second-order valence-electron chi connectivity index (χ2n) is 6.78. The first-order valence-corrected chi connectivity index (χ1v) is 10.5. The van der Waals surface area contributed by atoms with Crippen molar-refractivity contribution in [1.29, 1.82) is 0 Å². The number of hydrogen-bond acceptors (Lipinski definition) is 7. The molecule has 0 N–H and O–H groups in total. The van der Waals surface area contributed by atoms with Crippen LogP contribution in [-0.4, -0.2) is 35.3 Å². The molecule has 2 unspecified atom stereocenters. The van der Waals surface area contributed by atoms with Crippen LogP contribution in [0.4, 0.5) is 0 Å². The molecule has 1 aromatic carbocycles. The monoisotopic (exact) mass is 423 g/mol. The summed E-state index contributed by atoms with van der Waals surface area (Å²) in [4.78, 5) is 34.4. The highest BCUT2D eigenvalue weighted by atomic mass is 32.2. The minimum atomic E-state index is -4.39. The van der Waals surface area contributed by atoms with E-state index in [2.05, 4.69) is 9.97 Å². The molecule has 4 rings (SSSR count). The van der Waals surface area contributed by atoms with Gasteiger partial charge in [-0.2, -0.15) is 8.42 Å². The zero-order valence-corrected chi connectivity index (χ0v) is 16.7. The van der Waals surface area contributed by atoms with Gasteiger partial charge < -0.3 is 0 Å². The molecule has 8 nitrogen and oxygen atoms in total. The van der Waals surface area contributed by atoms with Gasteiger partial charge in [0.15, 0.2) is 0 Å². The summed E-state index contributed by atoms with van der Waals surface area (Å²) in [6, 6.07) is 15.8. The number of nitrogens with zero attached hydrogens (tertiary/aromatic N) is 3. The third-order valence-electron chi connectivity index (χ3n) is 4.76. The summed E-state index contributed by atoms with van der Waals surface area (Å²) in [5, 5.41) is 0.313. The maximum Gasteiger partial charge on any atom is 0.318 e. The summed E-state index contributed by atoms with van der Waals surface area (Å²) in [5.41, 5.74) is 1.50. The molecule has 0 radical (unpaired) electrons. The number of hydroxylamine groups is 2. The van der Waals surface area contributed by atoms with Gasteiger partial charge in [-0.15, -0.1) is 9.35 Å². The highest BCUT2D eigenvalue weighted by Gasteiger charge is 2.53. The number of carbonyl (C=O) groups excluding carboxylic acids is 2. The van der Waals surface area contributed by atoms with E-state index >= 15 is 0 Å². The Hall–Kier alpha value is -3.43. The van der Waals surface area contributed by atoms with Crippen molar-refractivity contribution < 1.29 is 22.3 Å². The summed E-state index contributed by atoms with van der Waals surface area (Å²) < 4.78 is 30.4. The van der Waals surface area contributed by atoms with Crippen molar-refractivity contribution in [3.05, 3.63) is 90.0 Å². The lowest BCUT2D eigenvalue weighted by Crippen LogP contribution is -2.33. The normalized spacial score (nSPS) is 19.3. The van der Waals surface area contributed by atoms with Gasteiger partial charge in [-0.05, 0) is 43.3 Å². The van der Waals surface area contributed by atoms with Crippen molar-refractivity contribution in [3.63, 3.8) is 0 Å². The van der Waals surface area contributed by atoms with Gasteiger partial charge in [0.1, 0.15) is 11.8 Å². The van der Waals surface area contributed by atoms with Gasteiger partial charge in [-0.3, -0.25) is 19.6 Å². The van der Waals surface area contributed by atoms with Gasteiger partial charge in [0.25, 0.3) is 11.8 Å². The maximum atomic E-state index is 13.1. The lowest BCUT2D eigenvalue weighted by Gasteiger charge is -2.14. The van der Waals surface area contributed by atoms with E-state index in [0.29, 0.717) is 16.5 Å². The van der Waals surface area contributed by atoms with Crippen LogP contribution in [0.2, 0.25) is 0 Å². The molecule has 3 aromatic rings. The molecule has 2 amide bonds. The van der Waals surface area contributed by atoms with Gasteiger partial charge in [-0.1, -0.05) is 29.8 Å². The van der Waals surface area contributed by atoms with Gasteiger partial charge in [-0.25, -0.2) is 0 Å². The largest absolute Gasteiger partial charge is 0.318 e. The number of hydrogen-bond donors (Lipinski definition) is 0. The molecule has 2 atom stereocenters. The van der Waals surface area contributed by atoms with Crippen LogP contribution in [0.1, 0.15) is 28.8 Å². The summed E-state index contributed by atoms with van der Waals surface area (Å²) in [6.45, 7) is 1.81. The Labute approximate surface area is 173 Å². The Morgan fingerprint density at radius 1 is 0.800 bits per heavy atom. The van der Waals surface area contributed by atoms with Gasteiger partial charge in [0, 0.05) is 12.4 Å². The molecule has 0 bridgehead atoms. The first-order valence-electron chi connectivity index (χ1n) is 9.09. The molecular weight excluding hydrogens is 406 g/mol. The van der Waals surface area contributed by atoms with E-state index in [1.807, 2.05) is 0 Å². The van der Waals surface area contributed by atoms with Crippen LogP contribution in [0.15, 0.2) is 78.0 Å². The third-order valence-corrected chi connectivity index (χ3v) is 5.96. The molecule has 30 heavy (non-hydrogen) atoms. The number of benzene rings is 1. The number of amides is 2. The van der Waals surface area contributed by atoms with Crippen LogP contribution < -0.4 is 0 Å². The smallest absolute Gasteiger partial charge is 0.271 e. The molecule has 1 fully saturated rings. The predicted molar refractivity (Wildman–Crippen MR) is 105 cm³/mol. The molecule has 0 saturated carbocycles. The Morgan fingerprint density at radius 2 is 1.30 bits per heavy atom. The van der Waals surface area contributed by atoms with Gasteiger partial charge >= 0.3 is 10.1 Å². The Bertz CT molecular complexity index is 1120. The zero-order valence-electron chi connectivity index (χ0n) is 15.9. The Kier molecular flexibility index (Phi) is 5.15. The average Bonchev–Trinajstić information content (AvgIpc) is 2.99. The molecule has 9 heteroatoms. The minimum absolute atomic E-state index is 0.163. The van der Waals surface area contributed by atoms with Gasteiger partial charge in [0.2, 0.25) is 0 Å². The lowest BCUT2D eigenvalue weighted by molar-refractivity contribution is -0.164. The van der Waals surface area contributed by atoms with E-state index < -0.39 is 33.8 Å². The summed E-state index contributed by atoms with van der Waals surface area (Å²) in [7, 11) is -4.39.